The fourth-order valence-corrected chi connectivity index (χ4v) is 2.26. The smallest absolute Gasteiger partial charge is 0.266 e. The Labute approximate surface area is 115 Å². The number of nitrogens with two attached hydrogens (primary N) is 2. The minimum absolute atomic E-state index is 0.328. The molecular weight excluding hydrogens is 254 g/mol. The molecule has 2 aromatic rings. The van der Waals surface area contributed by atoms with E-state index < -0.39 is 0 Å². The summed E-state index contributed by atoms with van der Waals surface area (Å²) in [7, 11) is 0. The van der Waals surface area contributed by atoms with E-state index in [9.17, 15) is 9.59 Å². The van der Waals surface area contributed by atoms with E-state index in [1.165, 1.54) is 6.07 Å². The molecular formula is C15H13N3O2. The summed E-state index contributed by atoms with van der Waals surface area (Å²) in [5, 5.41) is 0. The fraction of sp³-hybridized carbons (Fsp3) is 0.0667. The second-order valence-electron chi connectivity index (χ2n) is 4.79. The number of carbonyl (C=O) groups is 2. The van der Waals surface area contributed by atoms with Crippen LogP contribution in [-0.4, -0.2) is 11.8 Å². The number of aryl methyl sites for hydroxylation is 1. The third kappa shape index (κ3) is 1.64. The number of imide groups is 1. The zero-order chi connectivity index (χ0) is 14.4. The number of hydrogen-bond donors (Lipinski definition) is 2. The Bertz CT molecular complexity index is 753. The number of fused-ring (bicyclic) bond motifs is 1. The van der Waals surface area contributed by atoms with Crippen molar-refractivity contribution in [2.45, 2.75) is 6.92 Å². The molecule has 3 rings (SSSR count). The van der Waals surface area contributed by atoms with Crippen LogP contribution in [0.5, 0.6) is 0 Å². The molecule has 5 heteroatoms. The van der Waals surface area contributed by atoms with Crippen LogP contribution in [0.2, 0.25) is 0 Å². The van der Waals surface area contributed by atoms with Crippen molar-refractivity contribution in [3.05, 3.63) is 53.1 Å². The summed E-state index contributed by atoms with van der Waals surface area (Å²) in [6.45, 7) is 1.86. The molecule has 0 spiro atoms. The van der Waals surface area contributed by atoms with Crippen LogP contribution in [0.4, 0.5) is 17.1 Å². The molecule has 0 saturated carbocycles. The molecule has 1 aliphatic heterocycles. The van der Waals surface area contributed by atoms with Gasteiger partial charge in [-0.2, -0.15) is 0 Å². The fourth-order valence-electron chi connectivity index (χ4n) is 2.26. The van der Waals surface area contributed by atoms with E-state index in [1.807, 2.05) is 6.92 Å². The average Bonchev–Trinajstić information content (AvgIpc) is 2.65. The first-order valence-electron chi connectivity index (χ1n) is 6.13. The van der Waals surface area contributed by atoms with Crippen molar-refractivity contribution in [2.75, 3.05) is 16.4 Å². The molecule has 2 aromatic carbocycles. The first-order chi connectivity index (χ1) is 9.49. The molecule has 20 heavy (non-hydrogen) atoms. The van der Waals surface area contributed by atoms with E-state index in [1.54, 1.807) is 30.3 Å². The SMILES string of the molecule is Cc1ccc(N2C(=O)c3ccc(N)cc3C2=O)cc1N. The van der Waals surface area contributed by atoms with Gasteiger partial charge >= 0.3 is 0 Å². The van der Waals surface area contributed by atoms with E-state index in [2.05, 4.69) is 0 Å². The highest BCUT2D eigenvalue weighted by Crippen LogP contribution is 2.31. The van der Waals surface area contributed by atoms with Crippen LogP contribution in [0.15, 0.2) is 36.4 Å². The first-order valence-corrected chi connectivity index (χ1v) is 6.13. The highest BCUT2D eigenvalue weighted by atomic mass is 16.2. The zero-order valence-corrected chi connectivity index (χ0v) is 10.9. The van der Waals surface area contributed by atoms with Gasteiger partial charge in [0.15, 0.2) is 0 Å². The van der Waals surface area contributed by atoms with Crippen molar-refractivity contribution in [3.63, 3.8) is 0 Å². The van der Waals surface area contributed by atoms with Gasteiger partial charge in [0, 0.05) is 11.4 Å². The van der Waals surface area contributed by atoms with Crippen LogP contribution < -0.4 is 16.4 Å². The molecule has 0 saturated heterocycles. The van der Waals surface area contributed by atoms with E-state index in [4.69, 9.17) is 11.5 Å². The molecule has 0 unspecified atom stereocenters. The molecule has 0 fully saturated rings. The lowest BCUT2D eigenvalue weighted by Crippen LogP contribution is -2.29. The molecule has 4 N–H and O–H groups in total. The van der Waals surface area contributed by atoms with Crippen molar-refractivity contribution < 1.29 is 9.59 Å². The van der Waals surface area contributed by atoms with Gasteiger partial charge in [0.2, 0.25) is 0 Å². The lowest BCUT2D eigenvalue weighted by molar-refractivity contribution is 0.0926. The number of anilines is 3. The second kappa shape index (κ2) is 4.09. The van der Waals surface area contributed by atoms with E-state index >= 15 is 0 Å². The highest BCUT2D eigenvalue weighted by molar-refractivity contribution is 6.34. The van der Waals surface area contributed by atoms with Gasteiger partial charge in [-0.3, -0.25) is 9.59 Å². The van der Waals surface area contributed by atoms with Crippen LogP contribution in [0.25, 0.3) is 0 Å². The number of hydrogen-bond acceptors (Lipinski definition) is 4. The third-order valence-corrected chi connectivity index (χ3v) is 3.43. The Morgan fingerprint density at radius 3 is 2.30 bits per heavy atom. The molecule has 5 nitrogen and oxygen atoms in total. The molecule has 0 radical (unpaired) electrons. The van der Waals surface area contributed by atoms with Crippen LogP contribution >= 0.6 is 0 Å². The largest absolute Gasteiger partial charge is 0.399 e. The van der Waals surface area contributed by atoms with Crippen molar-refractivity contribution in [1.29, 1.82) is 0 Å². The summed E-state index contributed by atoms with van der Waals surface area (Å²) in [5.74, 6) is -0.728. The number of amides is 2. The molecule has 0 atom stereocenters. The Morgan fingerprint density at radius 2 is 1.60 bits per heavy atom. The zero-order valence-electron chi connectivity index (χ0n) is 10.9. The minimum Gasteiger partial charge on any atom is -0.399 e. The summed E-state index contributed by atoms with van der Waals surface area (Å²) in [4.78, 5) is 25.8. The summed E-state index contributed by atoms with van der Waals surface area (Å²) in [5.41, 5.74) is 14.6. The topological polar surface area (TPSA) is 89.4 Å². The highest BCUT2D eigenvalue weighted by Gasteiger charge is 2.36. The maximum Gasteiger partial charge on any atom is 0.266 e. The number of carbonyl (C=O) groups excluding carboxylic acids is 2. The number of nitrogen functional groups attached to an aromatic ring is 2. The van der Waals surface area contributed by atoms with Crippen LogP contribution in [0.3, 0.4) is 0 Å². The van der Waals surface area contributed by atoms with E-state index in [0.29, 0.717) is 28.2 Å². The Balaban J connectivity index is 2.11. The van der Waals surface area contributed by atoms with Gasteiger partial charge in [-0.15, -0.1) is 0 Å². The molecule has 0 aromatic heterocycles. The predicted octanol–water partition coefficient (Wildman–Crippen LogP) is 1.96. The van der Waals surface area contributed by atoms with Gasteiger partial charge in [0.05, 0.1) is 16.8 Å². The third-order valence-electron chi connectivity index (χ3n) is 3.43. The van der Waals surface area contributed by atoms with E-state index in [0.717, 1.165) is 10.5 Å². The second-order valence-corrected chi connectivity index (χ2v) is 4.79. The maximum atomic E-state index is 12.4. The van der Waals surface area contributed by atoms with Crippen LogP contribution in [0, 0.1) is 6.92 Å². The van der Waals surface area contributed by atoms with Gasteiger partial charge in [-0.05, 0) is 42.8 Å². The lowest BCUT2D eigenvalue weighted by atomic mass is 10.1. The summed E-state index contributed by atoms with van der Waals surface area (Å²) >= 11 is 0. The molecule has 1 heterocycles. The number of nitrogens with zero attached hydrogens (tertiary/aromatic N) is 1. The Hall–Kier alpha value is -2.82. The lowest BCUT2D eigenvalue weighted by Gasteiger charge is -2.15. The molecule has 0 bridgehead atoms. The van der Waals surface area contributed by atoms with Crippen molar-refractivity contribution in [2.24, 2.45) is 0 Å². The summed E-state index contributed by atoms with van der Waals surface area (Å²) in [6.07, 6.45) is 0. The van der Waals surface area contributed by atoms with Crippen LogP contribution in [0.1, 0.15) is 26.3 Å². The maximum absolute atomic E-state index is 12.4. The standard InChI is InChI=1S/C15H13N3O2/c1-8-2-4-10(7-13(8)17)18-14(19)11-5-3-9(16)6-12(11)15(18)20/h2-7H,16-17H2,1H3. The van der Waals surface area contributed by atoms with Crippen molar-refractivity contribution in [1.82, 2.24) is 0 Å². The normalized spacial score (nSPS) is 13.8. The molecule has 100 valence electrons. The molecule has 2 amide bonds. The van der Waals surface area contributed by atoms with Gasteiger partial charge < -0.3 is 11.5 Å². The monoisotopic (exact) mass is 267 g/mol. The molecule has 0 aliphatic carbocycles. The minimum atomic E-state index is -0.374. The van der Waals surface area contributed by atoms with Crippen molar-refractivity contribution >= 4 is 28.9 Å². The number of rotatable bonds is 1. The van der Waals surface area contributed by atoms with Crippen molar-refractivity contribution in [3.8, 4) is 0 Å². The van der Waals surface area contributed by atoms with E-state index in [-0.39, 0.29) is 11.8 Å². The first kappa shape index (κ1) is 12.2. The Morgan fingerprint density at radius 1 is 0.900 bits per heavy atom. The summed E-state index contributed by atoms with van der Waals surface area (Å²) in [6, 6.07) is 9.81. The van der Waals surface area contributed by atoms with Gasteiger partial charge in [-0.25, -0.2) is 4.90 Å². The molecule has 1 aliphatic rings. The quantitative estimate of drug-likeness (QED) is 0.610. The van der Waals surface area contributed by atoms with Gasteiger partial charge in [0.25, 0.3) is 11.8 Å². The van der Waals surface area contributed by atoms with Gasteiger partial charge in [0.1, 0.15) is 0 Å². The average molecular weight is 267 g/mol. The summed E-state index contributed by atoms with van der Waals surface area (Å²) < 4.78 is 0. The van der Waals surface area contributed by atoms with Crippen LogP contribution in [-0.2, 0) is 0 Å². The number of benzene rings is 2. The predicted molar refractivity (Wildman–Crippen MR) is 77.6 cm³/mol. The Kier molecular flexibility index (Phi) is 2.50. The van der Waals surface area contributed by atoms with Gasteiger partial charge in [-0.1, -0.05) is 6.07 Å².